The Morgan fingerprint density at radius 1 is 1.25 bits per heavy atom. The Kier molecular flexibility index (Phi) is 7.08. The molecule has 0 bridgehead atoms. The molecule has 1 saturated heterocycles. The minimum absolute atomic E-state index is 0.234. The first-order valence-corrected chi connectivity index (χ1v) is 11.8. The minimum atomic E-state index is -0.319. The summed E-state index contributed by atoms with van der Waals surface area (Å²) in [4.78, 5) is 4.76. The Labute approximate surface area is 181 Å². The number of nitrogens with zero attached hydrogens (tertiary/aromatic N) is 1. The average molecular weight is 437 g/mol. The van der Waals surface area contributed by atoms with Gasteiger partial charge in [0.25, 0.3) is 0 Å². The van der Waals surface area contributed by atoms with Crippen LogP contribution in [0.2, 0.25) is 6.32 Å². The maximum absolute atomic E-state index is 6.20. The highest BCUT2D eigenvalue weighted by Crippen LogP contribution is 2.39. The molecule has 0 amide bonds. The van der Waals surface area contributed by atoms with Crippen LogP contribution in [0.1, 0.15) is 46.0 Å². The second-order valence-electron chi connectivity index (χ2n) is 7.96. The van der Waals surface area contributed by atoms with Crippen molar-refractivity contribution in [3.63, 3.8) is 0 Å². The molecule has 1 aromatic heterocycles. The summed E-state index contributed by atoms with van der Waals surface area (Å²) in [6.45, 7) is 10.9. The molecule has 4 nitrogen and oxygen atoms in total. The van der Waals surface area contributed by atoms with Gasteiger partial charge in [-0.05, 0) is 71.7 Å². The van der Waals surface area contributed by atoms with Crippen molar-refractivity contribution in [2.24, 2.45) is 0 Å². The van der Waals surface area contributed by atoms with Gasteiger partial charge in [-0.2, -0.15) is 0 Å². The van der Waals surface area contributed by atoms with Crippen LogP contribution in [0, 0.1) is 0 Å². The van der Waals surface area contributed by atoms with E-state index < -0.39 is 0 Å². The van der Waals surface area contributed by atoms with Gasteiger partial charge in [-0.15, -0.1) is 11.3 Å². The van der Waals surface area contributed by atoms with Crippen LogP contribution in [-0.2, 0) is 20.5 Å². The van der Waals surface area contributed by atoms with E-state index in [0.29, 0.717) is 11.0 Å². The fourth-order valence-corrected chi connectivity index (χ4v) is 5.56. The predicted octanol–water partition coefficient (Wildman–Crippen LogP) is 5.74. The zero-order chi connectivity index (χ0) is 20.4. The first kappa shape index (κ1) is 22.0. The smallest absolute Gasteiger partial charge is 0.458 e. The molecule has 2 heterocycles. The Hall–Kier alpha value is -0.665. The lowest BCUT2D eigenvalue weighted by molar-refractivity contribution is 0.00578. The van der Waals surface area contributed by atoms with Gasteiger partial charge in [0.15, 0.2) is 0 Å². The number of rotatable bonds is 7. The number of ether oxygens (including phenoxy) is 1. The largest absolute Gasteiger partial charge is 0.479 e. The Morgan fingerprint density at radius 3 is 2.57 bits per heavy atom. The first-order chi connectivity index (χ1) is 13.2. The van der Waals surface area contributed by atoms with E-state index in [1.54, 1.807) is 23.1 Å². The molecule has 152 valence electrons. The zero-order valence-electron chi connectivity index (χ0n) is 17.2. The standard InChI is InChI=1S/C20H28BNO3S3/c1-6-23-18(26)27-14(13-21-24-19(2,3)20(4,5)25-21)11-12-17-22-15-9-7-8-10-16(15)28-17/h7-10,14H,6,11-13H2,1-5H3. The first-order valence-electron chi connectivity index (χ1n) is 9.73. The Morgan fingerprint density at radius 2 is 1.93 bits per heavy atom. The lowest BCUT2D eigenvalue weighted by Crippen LogP contribution is -2.41. The molecule has 1 aliphatic rings. The molecule has 28 heavy (non-hydrogen) atoms. The summed E-state index contributed by atoms with van der Waals surface area (Å²) in [5, 5.41) is 1.41. The molecule has 0 spiro atoms. The van der Waals surface area contributed by atoms with Crippen LogP contribution >= 0.6 is 35.3 Å². The predicted molar refractivity (Wildman–Crippen MR) is 124 cm³/mol. The van der Waals surface area contributed by atoms with Crippen LogP contribution in [0.25, 0.3) is 10.2 Å². The molecule has 0 saturated carbocycles. The van der Waals surface area contributed by atoms with Crippen molar-refractivity contribution in [3.05, 3.63) is 29.3 Å². The van der Waals surface area contributed by atoms with Crippen LogP contribution in [0.5, 0.6) is 0 Å². The van der Waals surface area contributed by atoms with Gasteiger partial charge in [0, 0.05) is 11.7 Å². The third-order valence-electron chi connectivity index (χ3n) is 5.30. The highest BCUT2D eigenvalue weighted by molar-refractivity contribution is 8.23. The summed E-state index contributed by atoms with van der Waals surface area (Å²) in [6, 6.07) is 8.28. The maximum atomic E-state index is 6.20. The molecule has 3 rings (SSSR count). The van der Waals surface area contributed by atoms with Crippen molar-refractivity contribution in [2.45, 2.75) is 70.2 Å². The van der Waals surface area contributed by atoms with Gasteiger partial charge < -0.3 is 14.0 Å². The second kappa shape index (κ2) is 9.00. The van der Waals surface area contributed by atoms with Crippen molar-refractivity contribution in [2.75, 3.05) is 6.61 Å². The molecule has 1 fully saturated rings. The number of aromatic nitrogens is 1. The van der Waals surface area contributed by atoms with Crippen molar-refractivity contribution in [3.8, 4) is 0 Å². The lowest BCUT2D eigenvalue weighted by atomic mass is 9.82. The molecule has 0 N–H and O–H groups in total. The van der Waals surface area contributed by atoms with E-state index in [4.69, 9.17) is 31.2 Å². The highest BCUT2D eigenvalue weighted by atomic mass is 32.2. The highest BCUT2D eigenvalue weighted by Gasteiger charge is 2.51. The Bertz CT molecular complexity index is 775. The molecule has 1 aliphatic heterocycles. The number of thiazole rings is 1. The summed E-state index contributed by atoms with van der Waals surface area (Å²) >= 11 is 8.76. The van der Waals surface area contributed by atoms with Gasteiger partial charge in [-0.3, -0.25) is 0 Å². The van der Waals surface area contributed by atoms with Crippen molar-refractivity contribution in [1.82, 2.24) is 4.98 Å². The normalized spacial score (nSPS) is 19.1. The van der Waals surface area contributed by atoms with E-state index in [0.717, 1.165) is 29.7 Å². The number of hydrogen-bond donors (Lipinski definition) is 0. The second-order valence-corrected chi connectivity index (χ2v) is 11.0. The summed E-state index contributed by atoms with van der Waals surface area (Å²) < 4.78 is 19.8. The Balaban J connectivity index is 1.65. The van der Waals surface area contributed by atoms with E-state index in [9.17, 15) is 0 Å². The van der Waals surface area contributed by atoms with Gasteiger partial charge >= 0.3 is 7.12 Å². The van der Waals surface area contributed by atoms with Crippen molar-refractivity contribution < 1.29 is 14.0 Å². The fourth-order valence-electron chi connectivity index (χ4n) is 3.10. The third-order valence-corrected chi connectivity index (χ3v) is 7.88. The third kappa shape index (κ3) is 5.27. The average Bonchev–Trinajstić information content (AvgIpc) is 3.10. The van der Waals surface area contributed by atoms with E-state index in [1.165, 1.54) is 4.70 Å². The van der Waals surface area contributed by atoms with Crippen LogP contribution in [0.4, 0.5) is 0 Å². The number of thioether (sulfide) groups is 1. The zero-order valence-corrected chi connectivity index (χ0v) is 19.6. The maximum Gasteiger partial charge on any atom is 0.458 e. The summed E-state index contributed by atoms with van der Waals surface area (Å²) in [6.07, 6.45) is 2.63. The molecule has 8 heteroatoms. The van der Waals surface area contributed by atoms with Crippen LogP contribution in [0.3, 0.4) is 0 Å². The van der Waals surface area contributed by atoms with Crippen molar-refractivity contribution in [1.29, 1.82) is 0 Å². The molecule has 2 aromatic rings. The van der Waals surface area contributed by atoms with E-state index >= 15 is 0 Å². The van der Waals surface area contributed by atoms with Crippen LogP contribution in [-0.4, -0.2) is 39.5 Å². The van der Waals surface area contributed by atoms with E-state index in [2.05, 4.69) is 45.9 Å². The number of benzene rings is 1. The van der Waals surface area contributed by atoms with E-state index in [-0.39, 0.29) is 23.6 Å². The molecule has 0 aliphatic carbocycles. The van der Waals surface area contributed by atoms with Crippen molar-refractivity contribution >= 4 is 57.0 Å². The monoisotopic (exact) mass is 437 g/mol. The molecular formula is C20H28BNO3S3. The summed E-state index contributed by atoms with van der Waals surface area (Å²) in [5.74, 6) is 0. The summed E-state index contributed by atoms with van der Waals surface area (Å²) in [7, 11) is -0.234. The minimum Gasteiger partial charge on any atom is -0.479 e. The molecular weight excluding hydrogens is 409 g/mol. The molecule has 1 unspecified atom stereocenters. The van der Waals surface area contributed by atoms with Gasteiger partial charge in [0.2, 0.25) is 4.38 Å². The fraction of sp³-hybridized carbons (Fsp3) is 0.600. The van der Waals surface area contributed by atoms with Gasteiger partial charge in [0.05, 0.1) is 33.0 Å². The van der Waals surface area contributed by atoms with Crippen LogP contribution in [0.15, 0.2) is 24.3 Å². The molecule has 0 radical (unpaired) electrons. The number of aryl methyl sites for hydroxylation is 1. The van der Waals surface area contributed by atoms with E-state index in [1.807, 2.05) is 13.0 Å². The number of thiocarbonyl (C=S) groups is 1. The number of hydrogen-bond acceptors (Lipinski definition) is 7. The number of para-hydroxylation sites is 1. The molecule has 1 aromatic carbocycles. The van der Waals surface area contributed by atoms with Gasteiger partial charge in [-0.25, -0.2) is 4.98 Å². The molecule has 1 atom stereocenters. The number of fused-ring (bicyclic) bond motifs is 1. The van der Waals surface area contributed by atoms with Gasteiger partial charge in [0.1, 0.15) is 0 Å². The van der Waals surface area contributed by atoms with Crippen LogP contribution < -0.4 is 0 Å². The SMILES string of the molecule is CCOC(=S)SC(CCc1nc2ccccc2s1)CB1OC(C)(C)C(C)(C)O1. The van der Waals surface area contributed by atoms with Gasteiger partial charge in [-0.1, -0.05) is 23.9 Å². The lowest BCUT2D eigenvalue weighted by Gasteiger charge is -2.32. The quantitative estimate of drug-likeness (QED) is 0.406. The summed E-state index contributed by atoms with van der Waals surface area (Å²) in [5.41, 5.74) is 0.434. The topological polar surface area (TPSA) is 40.6 Å².